The fourth-order valence-corrected chi connectivity index (χ4v) is 4.09. The van der Waals surface area contributed by atoms with Crippen LogP contribution in [0.25, 0.3) is 10.9 Å². The molecule has 0 saturated heterocycles. The minimum Gasteiger partial charge on any atom is -0.478 e. The van der Waals surface area contributed by atoms with E-state index >= 15 is 0 Å². The number of benzene rings is 1. The van der Waals surface area contributed by atoms with Crippen molar-refractivity contribution in [3.63, 3.8) is 0 Å². The summed E-state index contributed by atoms with van der Waals surface area (Å²) in [5, 5.41) is 10.8. The number of rotatable bonds is 3. The van der Waals surface area contributed by atoms with E-state index in [1.54, 1.807) is 6.07 Å². The van der Waals surface area contributed by atoms with E-state index in [1.165, 1.54) is 17.7 Å². The molecule has 3 heteroatoms. The Kier molecular flexibility index (Phi) is 3.99. The maximum atomic E-state index is 11.7. The Balaban J connectivity index is 2.23. The lowest BCUT2D eigenvalue weighted by atomic mass is 9.71. The molecule has 1 aromatic heterocycles. The predicted octanol–water partition coefficient (Wildman–Crippen LogP) is 4.90. The summed E-state index contributed by atoms with van der Waals surface area (Å²) in [4.78, 5) is 11.7. The van der Waals surface area contributed by atoms with E-state index in [4.69, 9.17) is 0 Å². The molecule has 0 fully saturated rings. The standard InChI is InChI=1S/C20H27NO2/c1-5-11-21-17-10-9-13(20(2,3)4)12-16(17)14-7-6-8-15(18(14)21)19(22)23/h6-8,13H,5,9-12H2,1-4H3,(H,22,23). The van der Waals surface area contributed by atoms with E-state index in [1.807, 2.05) is 6.07 Å². The molecule has 23 heavy (non-hydrogen) atoms. The van der Waals surface area contributed by atoms with Gasteiger partial charge in [-0.25, -0.2) is 4.79 Å². The van der Waals surface area contributed by atoms with Gasteiger partial charge in [0.05, 0.1) is 11.1 Å². The van der Waals surface area contributed by atoms with Crippen LogP contribution in [0.3, 0.4) is 0 Å². The van der Waals surface area contributed by atoms with Crippen molar-refractivity contribution in [2.75, 3.05) is 0 Å². The summed E-state index contributed by atoms with van der Waals surface area (Å²) in [6, 6.07) is 5.74. The monoisotopic (exact) mass is 313 g/mol. The van der Waals surface area contributed by atoms with Crippen molar-refractivity contribution in [2.45, 2.75) is 59.9 Å². The molecule has 124 valence electrons. The molecular formula is C20H27NO2. The average Bonchev–Trinajstić information content (AvgIpc) is 2.80. The summed E-state index contributed by atoms with van der Waals surface area (Å²) in [5.74, 6) is -0.167. The number of nitrogens with zero attached hydrogens (tertiary/aromatic N) is 1. The number of carboxylic acid groups (broad SMARTS) is 1. The van der Waals surface area contributed by atoms with E-state index in [-0.39, 0.29) is 0 Å². The zero-order valence-electron chi connectivity index (χ0n) is 14.6. The van der Waals surface area contributed by atoms with Gasteiger partial charge in [0.25, 0.3) is 0 Å². The number of aryl methyl sites for hydroxylation is 1. The molecule has 0 aliphatic heterocycles. The number of para-hydroxylation sites is 1. The molecule has 0 bridgehead atoms. The molecule has 2 aromatic rings. The molecule has 1 unspecified atom stereocenters. The lowest BCUT2D eigenvalue weighted by molar-refractivity contribution is 0.0698. The second-order valence-electron chi connectivity index (χ2n) is 7.89. The average molecular weight is 313 g/mol. The number of hydrogen-bond acceptors (Lipinski definition) is 1. The van der Waals surface area contributed by atoms with Crippen LogP contribution < -0.4 is 0 Å². The van der Waals surface area contributed by atoms with Gasteiger partial charge < -0.3 is 9.67 Å². The van der Waals surface area contributed by atoms with Crippen LogP contribution in [0.15, 0.2) is 18.2 Å². The Bertz CT molecular complexity index is 749. The molecule has 1 aliphatic rings. The SMILES string of the molecule is CCCn1c2c(c3cccc(C(=O)O)c31)CC(C(C)(C)C)CC2. The minimum atomic E-state index is -0.824. The van der Waals surface area contributed by atoms with E-state index in [9.17, 15) is 9.90 Å². The van der Waals surface area contributed by atoms with Gasteiger partial charge in [-0.2, -0.15) is 0 Å². The number of fused-ring (bicyclic) bond motifs is 3. The lowest BCUT2D eigenvalue weighted by Gasteiger charge is -2.34. The first-order chi connectivity index (χ1) is 10.8. The first-order valence-electron chi connectivity index (χ1n) is 8.70. The molecule has 3 rings (SSSR count). The van der Waals surface area contributed by atoms with E-state index in [2.05, 4.69) is 38.3 Å². The number of carboxylic acids is 1. The summed E-state index contributed by atoms with van der Waals surface area (Å²) in [6.07, 6.45) is 4.34. The fourth-order valence-electron chi connectivity index (χ4n) is 4.09. The van der Waals surface area contributed by atoms with E-state index in [0.29, 0.717) is 16.9 Å². The van der Waals surface area contributed by atoms with Crippen LogP contribution in [0.1, 0.15) is 62.2 Å². The Morgan fingerprint density at radius 2 is 2.09 bits per heavy atom. The van der Waals surface area contributed by atoms with Gasteiger partial charge in [-0.15, -0.1) is 0 Å². The molecule has 1 atom stereocenters. The third-order valence-electron chi connectivity index (χ3n) is 5.39. The van der Waals surface area contributed by atoms with Gasteiger partial charge in [-0.05, 0) is 48.6 Å². The highest BCUT2D eigenvalue weighted by Gasteiger charge is 2.32. The minimum absolute atomic E-state index is 0.293. The van der Waals surface area contributed by atoms with Crippen molar-refractivity contribution in [1.82, 2.24) is 4.57 Å². The Labute approximate surface area is 138 Å². The van der Waals surface area contributed by atoms with Gasteiger partial charge in [-0.1, -0.05) is 39.8 Å². The van der Waals surface area contributed by atoms with Crippen LogP contribution in [-0.4, -0.2) is 15.6 Å². The number of aromatic nitrogens is 1. The highest BCUT2D eigenvalue weighted by molar-refractivity contribution is 6.04. The molecular weight excluding hydrogens is 286 g/mol. The predicted molar refractivity (Wildman–Crippen MR) is 94.2 cm³/mol. The van der Waals surface area contributed by atoms with Crippen LogP contribution in [0.5, 0.6) is 0 Å². The van der Waals surface area contributed by atoms with Gasteiger partial charge in [0.2, 0.25) is 0 Å². The van der Waals surface area contributed by atoms with Crippen molar-refractivity contribution in [3.05, 3.63) is 35.0 Å². The summed E-state index contributed by atoms with van der Waals surface area (Å²) >= 11 is 0. The van der Waals surface area contributed by atoms with Crippen molar-refractivity contribution < 1.29 is 9.90 Å². The first kappa shape index (κ1) is 16.1. The molecule has 1 heterocycles. The summed E-state index contributed by atoms with van der Waals surface area (Å²) in [6.45, 7) is 10.0. The number of carbonyl (C=O) groups is 1. The van der Waals surface area contributed by atoms with Crippen LogP contribution in [0.2, 0.25) is 0 Å². The third-order valence-corrected chi connectivity index (χ3v) is 5.39. The van der Waals surface area contributed by atoms with Crippen LogP contribution in [-0.2, 0) is 19.4 Å². The fraction of sp³-hybridized carbons (Fsp3) is 0.550. The highest BCUT2D eigenvalue weighted by atomic mass is 16.4. The van der Waals surface area contributed by atoms with Crippen molar-refractivity contribution >= 4 is 16.9 Å². The van der Waals surface area contributed by atoms with Crippen LogP contribution >= 0.6 is 0 Å². The zero-order valence-corrected chi connectivity index (χ0v) is 14.6. The smallest absolute Gasteiger partial charge is 0.337 e. The molecule has 3 nitrogen and oxygen atoms in total. The summed E-state index contributed by atoms with van der Waals surface area (Å²) < 4.78 is 2.28. The van der Waals surface area contributed by atoms with Gasteiger partial charge in [0.15, 0.2) is 0 Å². The topological polar surface area (TPSA) is 42.2 Å². The Morgan fingerprint density at radius 1 is 1.35 bits per heavy atom. The summed E-state index contributed by atoms with van der Waals surface area (Å²) in [5.41, 5.74) is 4.43. The Morgan fingerprint density at radius 3 is 2.70 bits per heavy atom. The lowest BCUT2D eigenvalue weighted by Crippen LogP contribution is -2.27. The maximum absolute atomic E-state index is 11.7. The number of aromatic carboxylic acids is 1. The van der Waals surface area contributed by atoms with Crippen molar-refractivity contribution in [2.24, 2.45) is 11.3 Å². The molecule has 1 aromatic carbocycles. The maximum Gasteiger partial charge on any atom is 0.337 e. The van der Waals surface area contributed by atoms with Gasteiger partial charge in [0.1, 0.15) is 0 Å². The van der Waals surface area contributed by atoms with Gasteiger partial charge >= 0.3 is 5.97 Å². The molecule has 1 N–H and O–H groups in total. The van der Waals surface area contributed by atoms with Gasteiger partial charge in [0, 0.05) is 17.6 Å². The largest absolute Gasteiger partial charge is 0.478 e. The third kappa shape index (κ3) is 2.66. The van der Waals surface area contributed by atoms with Gasteiger partial charge in [-0.3, -0.25) is 0 Å². The van der Waals surface area contributed by atoms with E-state index < -0.39 is 5.97 Å². The molecule has 0 amide bonds. The Hall–Kier alpha value is -1.77. The highest BCUT2D eigenvalue weighted by Crippen LogP contribution is 2.41. The molecule has 0 saturated carbocycles. The first-order valence-corrected chi connectivity index (χ1v) is 8.70. The quantitative estimate of drug-likeness (QED) is 0.875. The van der Waals surface area contributed by atoms with Crippen LogP contribution in [0, 0.1) is 11.3 Å². The second kappa shape index (κ2) is 5.70. The van der Waals surface area contributed by atoms with E-state index in [0.717, 1.165) is 36.7 Å². The molecule has 0 radical (unpaired) electrons. The molecule has 0 spiro atoms. The number of hydrogen-bond donors (Lipinski definition) is 1. The van der Waals surface area contributed by atoms with Crippen molar-refractivity contribution in [1.29, 1.82) is 0 Å². The normalized spacial score (nSPS) is 18.2. The van der Waals surface area contributed by atoms with Crippen LogP contribution in [0.4, 0.5) is 0 Å². The zero-order chi connectivity index (χ0) is 16.8. The second-order valence-corrected chi connectivity index (χ2v) is 7.89. The molecule has 1 aliphatic carbocycles. The van der Waals surface area contributed by atoms with Crippen molar-refractivity contribution in [3.8, 4) is 0 Å². The summed E-state index contributed by atoms with van der Waals surface area (Å²) in [7, 11) is 0.